The van der Waals surface area contributed by atoms with E-state index in [0.29, 0.717) is 0 Å². The monoisotopic (exact) mass is 296 g/mol. The highest BCUT2D eigenvalue weighted by Gasteiger charge is 2.07. The average molecular weight is 297 g/mol. The molecule has 2 heterocycles. The largest absolute Gasteiger partial charge is 0.368 e. The SMILES string of the molecule is Cc1cnc(N)nc1Sc1ncccc1Br. The zero-order valence-electron chi connectivity index (χ0n) is 8.51. The van der Waals surface area contributed by atoms with Crippen molar-refractivity contribution in [1.29, 1.82) is 0 Å². The van der Waals surface area contributed by atoms with Gasteiger partial charge < -0.3 is 5.73 Å². The Bertz CT molecular complexity index is 518. The molecule has 0 aromatic carbocycles. The Labute approximate surface area is 106 Å². The number of aromatic nitrogens is 3. The molecule has 0 aliphatic carbocycles. The maximum atomic E-state index is 5.55. The number of nitrogen functional groups attached to an aromatic ring is 1. The topological polar surface area (TPSA) is 64.7 Å². The first-order valence-corrected chi connectivity index (χ1v) is 6.15. The van der Waals surface area contributed by atoms with Gasteiger partial charge in [-0.25, -0.2) is 15.0 Å². The molecule has 2 rings (SSSR count). The molecule has 0 aliphatic rings. The van der Waals surface area contributed by atoms with Gasteiger partial charge in [0.25, 0.3) is 0 Å². The third kappa shape index (κ3) is 2.51. The number of anilines is 1. The van der Waals surface area contributed by atoms with Gasteiger partial charge in [0.2, 0.25) is 5.95 Å². The van der Waals surface area contributed by atoms with Crippen LogP contribution in [0.2, 0.25) is 0 Å². The maximum absolute atomic E-state index is 5.55. The number of halogens is 1. The van der Waals surface area contributed by atoms with E-state index in [-0.39, 0.29) is 5.95 Å². The molecule has 2 aromatic heterocycles. The zero-order valence-corrected chi connectivity index (χ0v) is 10.9. The molecule has 0 spiro atoms. The van der Waals surface area contributed by atoms with Crippen LogP contribution in [0.5, 0.6) is 0 Å². The van der Waals surface area contributed by atoms with Crippen molar-refractivity contribution in [3.05, 3.63) is 34.6 Å². The smallest absolute Gasteiger partial charge is 0.221 e. The number of aryl methyl sites for hydroxylation is 1. The second kappa shape index (κ2) is 4.80. The Morgan fingerprint density at radius 3 is 2.88 bits per heavy atom. The summed E-state index contributed by atoms with van der Waals surface area (Å²) in [4.78, 5) is 12.4. The van der Waals surface area contributed by atoms with Crippen molar-refractivity contribution in [1.82, 2.24) is 15.0 Å². The predicted molar refractivity (Wildman–Crippen MR) is 67.2 cm³/mol. The van der Waals surface area contributed by atoms with Gasteiger partial charge in [0.1, 0.15) is 10.1 Å². The van der Waals surface area contributed by atoms with E-state index in [2.05, 4.69) is 30.9 Å². The van der Waals surface area contributed by atoms with Crippen LogP contribution in [0.25, 0.3) is 0 Å². The van der Waals surface area contributed by atoms with Crippen LogP contribution >= 0.6 is 27.7 Å². The van der Waals surface area contributed by atoms with Gasteiger partial charge in [0.15, 0.2) is 0 Å². The van der Waals surface area contributed by atoms with Gasteiger partial charge in [0, 0.05) is 18.0 Å². The van der Waals surface area contributed by atoms with Crippen molar-refractivity contribution < 1.29 is 0 Å². The third-order valence-corrected chi connectivity index (χ3v) is 3.89. The maximum Gasteiger partial charge on any atom is 0.221 e. The van der Waals surface area contributed by atoms with Gasteiger partial charge in [-0.2, -0.15) is 0 Å². The molecule has 0 saturated carbocycles. The van der Waals surface area contributed by atoms with Crippen molar-refractivity contribution in [2.45, 2.75) is 17.0 Å². The Morgan fingerprint density at radius 2 is 2.12 bits per heavy atom. The fourth-order valence-electron chi connectivity index (χ4n) is 1.08. The second-order valence-corrected chi connectivity index (χ2v) is 4.94. The summed E-state index contributed by atoms with van der Waals surface area (Å²) in [5.41, 5.74) is 6.53. The van der Waals surface area contributed by atoms with E-state index in [1.807, 2.05) is 19.1 Å². The van der Waals surface area contributed by atoms with Crippen LogP contribution in [-0.4, -0.2) is 15.0 Å². The van der Waals surface area contributed by atoms with Gasteiger partial charge in [-0.05, 0) is 46.7 Å². The molecule has 0 unspecified atom stereocenters. The first kappa shape index (κ1) is 11.3. The molecule has 82 valence electrons. The van der Waals surface area contributed by atoms with Crippen molar-refractivity contribution in [3.63, 3.8) is 0 Å². The lowest BCUT2D eigenvalue weighted by molar-refractivity contribution is 1.01. The van der Waals surface area contributed by atoms with Crippen LogP contribution < -0.4 is 5.73 Å². The standard InChI is InChI=1S/C10H9BrN4S/c1-6-5-14-10(12)15-8(6)16-9-7(11)3-2-4-13-9/h2-5H,1H3,(H2,12,14,15). The van der Waals surface area contributed by atoms with Crippen molar-refractivity contribution >= 4 is 33.6 Å². The van der Waals surface area contributed by atoms with Gasteiger partial charge >= 0.3 is 0 Å². The molecule has 0 fully saturated rings. The summed E-state index contributed by atoms with van der Waals surface area (Å²) >= 11 is 4.90. The summed E-state index contributed by atoms with van der Waals surface area (Å²) in [6, 6.07) is 3.81. The molecule has 6 heteroatoms. The van der Waals surface area contributed by atoms with E-state index in [4.69, 9.17) is 5.73 Å². The third-order valence-electron chi connectivity index (χ3n) is 1.86. The molecule has 0 amide bonds. The van der Waals surface area contributed by atoms with E-state index in [1.54, 1.807) is 12.4 Å². The molecule has 0 saturated heterocycles. The number of rotatable bonds is 2. The average Bonchev–Trinajstić information content (AvgIpc) is 2.27. The lowest BCUT2D eigenvalue weighted by Crippen LogP contribution is -1.97. The highest BCUT2D eigenvalue weighted by atomic mass is 79.9. The van der Waals surface area contributed by atoms with Gasteiger partial charge in [0.05, 0.1) is 4.47 Å². The van der Waals surface area contributed by atoms with E-state index < -0.39 is 0 Å². The van der Waals surface area contributed by atoms with E-state index in [9.17, 15) is 0 Å². The second-order valence-electron chi connectivity index (χ2n) is 3.11. The minimum atomic E-state index is 0.278. The Balaban J connectivity index is 2.34. The van der Waals surface area contributed by atoms with E-state index in [0.717, 1.165) is 20.1 Å². The normalized spacial score (nSPS) is 10.4. The molecule has 0 aliphatic heterocycles. The lowest BCUT2D eigenvalue weighted by atomic mass is 10.4. The summed E-state index contributed by atoms with van der Waals surface area (Å²) < 4.78 is 0.941. The van der Waals surface area contributed by atoms with E-state index in [1.165, 1.54) is 11.8 Å². The minimum absolute atomic E-state index is 0.278. The molecule has 2 N–H and O–H groups in total. The van der Waals surface area contributed by atoms with Crippen LogP contribution in [0.1, 0.15) is 5.56 Å². The minimum Gasteiger partial charge on any atom is -0.368 e. The van der Waals surface area contributed by atoms with Crippen molar-refractivity contribution in [2.24, 2.45) is 0 Å². The van der Waals surface area contributed by atoms with Gasteiger partial charge in [-0.3, -0.25) is 0 Å². The first-order valence-electron chi connectivity index (χ1n) is 4.54. The molecular weight excluding hydrogens is 288 g/mol. The lowest BCUT2D eigenvalue weighted by Gasteiger charge is -2.05. The number of nitrogens with two attached hydrogens (primary N) is 1. The van der Waals surface area contributed by atoms with Crippen LogP contribution in [0.4, 0.5) is 5.95 Å². The summed E-state index contributed by atoms with van der Waals surface area (Å²) in [5, 5.41) is 1.69. The molecule has 16 heavy (non-hydrogen) atoms. The fraction of sp³-hybridized carbons (Fsp3) is 0.100. The number of pyridine rings is 1. The molecule has 0 atom stereocenters. The molecule has 0 radical (unpaired) electrons. The highest BCUT2D eigenvalue weighted by molar-refractivity contribution is 9.10. The fourth-order valence-corrected chi connectivity index (χ4v) is 2.39. The van der Waals surface area contributed by atoms with Crippen molar-refractivity contribution in [2.75, 3.05) is 5.73 Å². The Kier molecular flexibility index (Phi) is 3.40. The Hall–Kier alpha value is -1.14. The van der Waals surface area contributed by atoms with Crippen LogP contribution in [0.15, 0.2) is 39.1 Å². The molecule has 4 nitrogen and oxygen atoms in total. The summed E-state index contributed by atoms with van der Waals surface area (Å²) in [6.07, 6.45) is 3.45. The van der Waals surface area contributed by atoms with Crippen molar-refractivity contribution in [3.8, 4) is 0 Å². The number of nitrogens with zero attached hydrogens (tertiary/aromatic N) is 3. The van der Waals surface area contributed by atoms with Gasteiger partial charge in [-0.15, -0.1) is 0 Å². The Morgan fingerprint density at radius 1 is 1.31 bits per heavy atom. The van der Waals surface area contributed by atoms with Crippen LogP contribution in [0.3, 0.4) is 0 Å². The first-order chi connectivity index (χ1) is 7.66. The summed E-state index contributed by atoms with van der Waals surface area (Å²) in [5.74, 6) is 0.278. The summed E-state index contributed by atoms with van der Waals surface area (Å²) in [7, 11) is 0. The number of hydrogen-bond donors (Lipinski definition) is 1. The molecule has 0 bridgehead atoms. The van der Waals surface area contributed by atoms with Crippen LogP contribution in [0, 0.1) is 6.92 Å². The summed E-state index contributed by atoms with van der Waals surface area (Å²) in [6.45, 7) is 1.94. The van der Waals surface area contributed by atoms with Crippen LogP contribution in [-0.2, 0) is 0 Å². The number of hydrogen-bond acceptors (Lipinski definition) is 5. The molecule has 2 aromatic rings. The quantitative estimate of drug-likeness (QED) is 0.863. The molecular formula is C10H9BrN4S. The van der Waals surface area contributed by atoms with Gasteiger partial charge in [-0.1, -0.05) is 0 Å². The highest BCUT2D eigenvalue weighted by Crippen LogP contribution is 2.31. The van der Waals surface area contributed by atoms with E-state index >= 15 is 0 Å². The predicted octanol–water partition coefficient (Wildman–Crippen LogP) is 2.68. The zero-order chi connectivity index (χ0) is 11.5.